The van der Waals surface area contributed by atoms with E-state index < -0.39 is 0 Å². The molecule has 4 aliphatic rings. The number of anilines is 6. The van der Waals surface area contributed by atoms with E-state index in [1.807, 2.05) is 0 Å². The fraction of sp³-hybridized carbons (Fsp3) is 0. The zero-order valence-corrected chi connectivity index (χ0v) is 36.9. The number of hydrogen-bond acceptors (Lipinski definition) is 2. The first kappa shape index (κ1) is 36.5. The summed E-state index contributed by atoms with van der Waals surface area (Å²) in [6.45, 7) is -0.188. The molecule has 68 heavy (non-hydrogen) atoms. The van der Waals surface area contributed by atoms with E-state index in [0.717, 1.165) is 11.4 Å². The summed E-state index contributed by atoms with van der Waals surface area (Å²) in [5.74, 6) is 0. The number of rotatable bonds is 4. The molecular formula is C62H38B2N4. The van der Waals surface area contributed by atoms with Gasteiger partial charge in [0.15, 0.2) is 0 Å². The second-order valence-electron chi connectivity index (χ2n) is 18.7. The van der Waals surface area contributed by atoms with Crippen molar-refractivity contribution in [3.05, 3.63) is 231 Å². The van der Waals surface area contributed by atoms with Crippen LogP contribution in [0.25, 0.3) is 77.3 Å². The molecule has 0 bridgehead atoms. The van der Waals surface area contributed by atoms with E-state index in [9.17, 15) is 0 Å². The predicted octanol–water partition coefficient (Wildman–Crippen LogP) is 12.9. The van der Waals surface area contributed by atoms with Crippen molar-refractivity contribution in [2.45, 2.75) is 0 Å². The summed E-state index contributed by atoms with van der Waals surface area (Å²) in [6, 6.07) is 86.0. The lowest BCUT2D eigenvalue weighted by molar-refractivity contribution is 1.25. The number of fused-ring (bicyclic) bond motifs is 13. The summed E-state index contributed by atoms with van der Waals surface area (Å²) in [4.78, 5) is 5.00. The fourth-order valence-electron chi connectivity index (χ4n) is 13.0. The molecule has 6 heterocycles. The van der Waals surface area contributed by atoms with E-state index in [2.05, 4.69) is 249 Å². The Kier molecular flexibility index (Phi) is 7.21. The summed E-state index contributed by atoms with van der Waals surface area (Å²) in [5, 5.41) is 2.56. The van der Waals surface area contributed by atoms with E-state index in [1.54, 1.807) is 0 Å². The number of para-hydroxylation sites is 6. The zero-order valence-electron chi connectivity index (χ0n) is 36.9. The number of nitrogens with zero attached hydrogens (tertiary/aromatic N) is 4. The van der Waals surface area contributed by atoms with Gasteiger partial charge >= 0.3 is 13.7 Å². The molecule has 12 aromatic rings. The Morgan fingerprint density at radius 2 is 0.647 bits per heavy atom. The fourth-order valence-corrected chi connectivity index (χ4v) is 13.0. The van der Waals surface area contributed by atoms with Gasteiger partial charge in [-0.15, -0.1) is 0 Å². The molecule has 0 N–H and O–H groups in total. The van der Waals surface area contributed by atoms with Gasteiger partial charge in [-0.05, 0) is 104 Å². The monoisotopic (exact) mass is 860 g/mol. The second-order valence-corrected chi connectivity index (χ2v) is 18.7. The molecule has 0 saturated heterocycles. The highest BCUT2D eigenvalue weighted by molar-refractivity contribution is 6.92. The third kappa shape index (κ3) is 4.57. The van der Waals surface area contributed by atoms with Crippen LogP contribution in [0.5, 0.6) is 0 Å². The average molecular weight is 861 g/mol. The molecular weight excluding hydrogens is 822 g/mol. The van der Waals surface area contributed by atoms with Gasteiger partial charge in [-0.3, -0.25) is 0 Å². The van der Waals surface area contributed by atoms with Gasteiger partial charge in [-0.25, -0.2) is 0 Å². The minimum atomic E-state index is -0.0942. The van der Waals surface area contributed by atoms with Crippen LogP contribution >= 0.6 is 0 Å². The third-order valence-corrected chi connectivity index (χ3v) is 15.4. The Morgan fingerprint density at radius 1 is 0.265 bits per heavy atom. The third-order valence-electron chi connectivity index (χ3n) is 15.4. The molecule has 0 saturated carbocycles. The van der Waals surface area contributed by atoms with E-state index in [0.29, 0.717) is 0 Å². The van der Waals surface area contributed by atoms with E-state index >= 15 is 0 Å². The Balaban J connectivity index is 1.09. The first-order chi connectivity index (χ1) is 33.8. The lowest BCUT2D eigenvalue weighted by Gasteiger charge is -2.41. The molecule has 4 aliphatic heterocycles. The zero-order chi connectivity index (χ0) is 44.2. The molecule has 312 valence electrons. The minimum Gasteiger partial charge on any atom is -0.374 e. The SMILES string of the molecule is c1ccc(-c2ccc3c4c2-c2cccc5c2n(c2c6cccc7c6n(c52)B2c5ccccc5N(c5ccccc5)c5ccc(-c6ccccc6)c-7c52)B4c2ccccc2N3c2ccccc2)cc1. The molecule has 0 unspecified atom stereocenters. The van der Waals surface area contributed by atoms with Crippen LogP contribution < -0.4 is 31.7 Å². The predicted molar refractivity (Wildman–Crippen MR) is 287 cm³/mol. The van der Waals surface area contributed by atoms with Crippen LogP contribution in [-0.4, -0.2) is 22.7 Å². The summed E-state index contributed by atoms with van der Waals surface area (Å²) < 4.78 is 5.54. The maximum atomic E-state index is 2.77. The van der Waals surface area contributed by atoms with Crippen LogP contribution in [0.3, 0.4) is 0 Å². The van der Waals surface area contributed by atoms with Gasteiger partial charge in [0.25, 0.3) is 0 Å². The average Bonchev–Trinajstić information content (AvgIpc) is 3.93. The van der Waals surface area contributed by atoms with Crippen molar-refractivity contribution in [3.63, 3.8) is 0 Å². The van der Waals surface area contributed by atoms with Gasteiger partial charge in [-0.2, -0.15) is 0 Å². The molecule has 0 radical (unpaired) electrons. The van der Waals surface area contributed by atoms with E-state index in [-0.39, 0.29) is 13.7 Å². The van der Waals surface area contributed by atoms with Gasteiger partial charge in [0.05, 0.1) is 11.0 Å². The van der Waals surface area contributed by atoms with Crippen LogP contribution in [0.2, 0.25) is 0 Å². The van der Waals surface area contributed by atoms with Crippen molar-refractivity contribution >= 4 is 103 Å². The van der Waals surface area contributed by atoms with Gasteiger partial charge in [-0.1, -0.05) is 182 Å². The number of benzene rings is 10. The van der Waals surface area contributed by atoms with Crippen molar-refractivity contribution in [2.75, 3.05) is 9.80 Å². The molecule has 16 rings (SSSR count). The highest BCUT2D eigenvalue weighted by atomic mass is 15.2. The van der Waals surface area contributed by atoms with Gasteiger partial charge in [0.1, 0.15) is 0 Å². The first-order valence-electron chi connectivity index (χ1n) is 23.8. The highest BCUT2D eigenvalue weighted by Gasteiger charge is 2.48. The summed E-state index contributed by atoms with van der Waals surface area (Å²) in [5.41, 5.74) is 27.8. The van der Waals surface area contributed by atoms with E-state index in [1.165, 1.54) is 122 Å². The summed E-state index contributed by atoms with van der Waals surface area (Å²) in [6.07, 6.45) is 0. The smallest absolute Gasteiger partial charge is 0.333 e. The standard InChI is InChI=1S/C62H38B2N4/c1-5-19-39(20-6-1)43-35-37-53-57-55(43)45-27-17-29-47-59(45)67(63(57)49-31-13-15-33-51(49)65(53)41-23-9-3-10-24-41)62-48-30-18-28-46-56-44(40-21-7-2-8-22-40)36-38-54-58(56)64(68(60(46)48)61(47)62)50-32-14-16-34-52(50)66(54)42-25-11-4-12-26-42/h1-38H. The van der Waals surface area contributed by atoms with Crippen molar-refractivity contribution in [3.8, 4) is 44.5 Å². The van der Waals surface area contributed by atoms with Crippen molar-refractivity contribution < 1.29 is 0 Å². The van der Waals surface area contributed by atoms with Crippen LogP contribution in [0, 0.1) is 0 Å². The van der Waals surface area contributed by atoms with Crippen molar-refractivity contribution in [1.82, 2.24) is 8.96 Å². The molecule has 2 aromatic heterocycles. The first-order valence-corrected chi connectivity index (χ1v) is 23.8. The Labute approximate surface area is 394 Å². The van der Waals surface area contributed by atoms with Gasteiger partial charge < -0.3 is 18.8 Å². The second kappa shape index (κ2) is 13.4. The quantitative estimate of drug-likeness (QED) is 0.164. The van der Waals surface area contributed by atoms with Crippen LogP contribution in [0.15, 0.2) is 231 Å². The molecule has 0 aliphatic carbocycles. The Morgan fingerprint density at radius 3 is 1.07 bits per heavy atom. The topological polar surface area (TPSA) is 16.3 Å². The van der Waals surface area contributed by atoms with Crippen LogP contribution in [-0.2, 0) is 0 Å². The molecule has 4 nitrogen and oxygen atoms in total. The Bertz CT molecular complexity index is 3840. The summed E-state index contributed by atoms with van der Waals surface area (Å²) in [7, 11) is 0. The molecule has 10 aromatic carbocycles. The Hall–Kier alpha value is -8.73. The molecule has 0 amide bonds. The largest absolute Gasteiger partial charge is 0.374 e. The van der Waals surface area contributed by atoms with Gasteiger partial charge in [0, 0.05) is 67.1 Å². The maximum absolute atomic E-state index is 2.77. The normalized spacial score (nSPS) is 13.5. The molecule has 0 spiro atoms. The number of hydrogen-bond donors (Lipinski definition) is 0. The lowest BCUT2D eigenvalue weighted by Crippen LogP contribution is -2.56. The van der Waals surface area contributed by atoms with Crippen LogP contribution in [0.4, 0.5) is 34.1 Å². The maximum Gasteiger partial charge on any atom is 0.333 e. The van der Waals surface area contributed by atoms with E-state index in [4.69, 9.17) is 0 Å². The highest BCUT2D eigenvalue weighted by Crippen LogP contribution is 2.53. The van der Waals surface area contributed by atoms with Crippen LogP contribution in [0.1, 0.15) is 0 Å². The molecule has 0 fully saturated rings. The van der Waals surface area contributed by atoms with Crippen molar-refractivity contribution in [1.29, 1.82) is 0 Å². The molecule has 0 atom stereocenters. The number of aromatic nitrogens is 2. The van der Waals surface area contributed by atoms with Crippen molar-refractivity contribution in [2.24, 2.45) is 0 Å². The summed E-state index contributed by atoms with van der Waals surface area (Å²) >= 11 is 0. The van der Waals surface area contributed by atoms with Gasteiger partial charge in [0.2, 0.25) is 0 Å². The minimum absolute atomic E-state index is 0.0942. The molecule has 6 heteroatoms. The lowest BCUT2D eigenvalue weighted by atomic mass is 9.44.